The number of hydrogen-bond acceptors (Lipinski definition) is 3. The van der Waals surface area contributed by atoms with Crippen molar-refractivity contribution in [3.63, 3.8) is 0 Å². The van der Waals surface area contributed by atoms with Crippen molar-refractivity contribution in [2.24, 2.45) is 0 Å². The lowest BCUT2D eigenvalue weighted by molar-refractivity contribution is 0.0859. The first-order valence-corrected chi connectivity index (χ1v) is 4.21. The van der Waals surface area contributed by atoms with Gasteiger partial charge in [-0.05, 0) is 12.8 Å². The third-order valence-corrected chi connectivity index (χ3v) is 1.66. The van der Waals surface area contributed by atoms with Crippen molar-refractivity contribution in [2.75, 3.05) is 13.2 Å². The summed E-state index contributed by atoms with van der Waals surface area (Å²) in [7, 11) is 0. The maximum atomic E-state index is 8.92. The predicted octanol–water partition coefficient (Wildman–Crippen LogP) is 0.282. The highest BCUT2D eigenvalue weighted by Gasteiger charge is 1.99. The summed E-state index contributed by atoms with van der Waals surface area (Å²) in [6, 6.07) is 0. The van der Waals surface area contributed by atoms with Crippen molar-refractivity contribution >= 4 is 0 Å². The molecule has 3 nitrogen and oxygen atoms in total. The van der Waals surface area contributed by atoms with Crippen LogP contribution in [0, 0.1) is 0 Å². The van der Waals surface area contributed by atoms with Gasteiger partial charge in [0.15, 0.2) is 0 Å². The lowest BCUT2D eigenvalue weighted by Gasteiger charge is -2.05. The largest absolute Gasteiger partial charge is 0.396 e. The van der Waals surface area contributed by atoms with Gasteiger partial charge in [-0.1, -0.05) is 19.3 Å². The maximum Gasteiger partial charge on any atom is 0.0770 e. The van der Waals surface area contributed by atoms with E-state index in [0.717, 1.165) is 25.7 Å². The van der Waals surface area contributed by atoms with Gasteiger partial charge in [0.1, 0.15) is 0 Å². The first kappa shape index (κ1) is 10.9. The van der Waals surface area contributed by atoms with Gasteiger partial charge in [-0.3, -0.25) is 0 Å². The van der Waals surface area contributed by atoms with Gasteiger partial charge in [0.05, 0.1) is 12.7 Å². The first-order chi connectivity index (χ1) is 5.31. The van der Waals surface area contributed by atoms with Crippen LogP contribution in [0.25, 0.3) is 0 Å². The summed E-state index contributed by atoms with van der Waals surface area (Å²) in [5.74, 6) is 0. The van der Waals surface area contributed by atoms with E-state index in [9.17, 15) is 0 Å². The average molecular weight is 162 g/mol. The van der Waals surface area contributed by atoms with Crippen LogP contribution in [0.15, 0.2) is 0 Å². The lowest BCUT2D eigenvalue weighted by atomic mass is 10.1. The second kappa shape index (κ2) is 7.98. The topological polar surface area (TPSA) is 60.7 Å². The van der Waals surface area contributed by atoms with Gasteiger partial charge in [-0.2, -0.15) is 0 Å². The van der Waals surface area contributed by atoms with E-state index in [1.807, 2.05) is 0 Å². The molecule has 1 atom stereocenters. The van der Waals surface area contributed by atoms with Crippen LogP contribution in [0.5, 0.6) is 0 Å². The predicted molar refractivity (Wildman–Crippen MR) is 43.3 cm³/mol. The number of rotatable bonds is 7. The zero-order valence-electron chi connectivity index (χ0n) is 6.87. The van der Waals surface area contributed by atoms with Gasteiger partial charge in [-0.25, -0.2) is 0 Å². The van der Waals surface area contributed by atoms with Gasteiger partial charge >= 0.3 is 0 Å². The number of aliphatic hydroxyl groups is 3. The molecule has 1 unspecified atom stereocenters. The second-order valence-electron chi connectivity index (χ2n) is 2.76. The molecule has 0 aromatic carbocycles. The Balaban J connectivity index is 2.89. The summed E-state index contributed by atoms with van der Waals surface area (Å²) in [4.78, 5) is 0. The lowest BCUT2D eigenvalue weighted by Crippen LogP contribution is -2.10. The SMILES string of the molecule is OCCCCCCC(O)CO. The molecule has 3 heteroatoms. The Morgan fingerprint density at radius 1 is 0.909 bits per heavy atom. The minimum absolute atomic E-state index is 0.139. The minimum Gasteiger partial charge on any atom is -0.396 e. The monoisotopic (exact) mass is 162 g/mol. The van der Waals surface area contributed by atoms with Gasteiger partial charge in [0, 0.05) is 6.61 Å². The van der Waals surface area contributed by atoms with Crippen LogP contribution >= 0.6 is 0 Å². The average Bonchev–Trinajstić information content (AvgIpc) is 2.04. The van der Waals surface area contributed by atoms with Crippen molar-refractivity contribution in [2.45, 2.75) is 38.2 Å². The molecule has 0 fully saturated rings. The molecule has 0 aromatic heterocycles. The summed E-state index contributed by atoms with van der Waals surface area (Å²) < 4.78 is 0. The number of hydrogen-bond donors (Lipinski definition) is 3. The highest BCUT2D eigenvalue weighted by atomic mass is 16.3. The molecule has 0 aliphatic carbocycles. The van der Waals surface area contributed by atoms with E-state index in [4.69, 9.17) is 15.3 Å². The zero-order chi connectivity index (χ0) is 8.53. The van der Waals surface area contributed by atoms with E-state index >= 15 is 0 Å². The van der Waals surface area contributed by atoms with Crippen molar-refractivity contribution in [1.82, 2.24) is 0 Å². The molecule has 0 spiro atoms. The molecule has 68 valence electrons. The summed E-state index contributed by atoms with van der Waals surface area (Å²) >= 11 is 0. The van der Waals surface area contributed by atoms with Crippen LogP contribution in [-0.4, -0.2) is 34.6 Å². The van der Waals surface area contributed by atoms with E-state index in [1.165, 1.54) is 0 Å². The molecule has 0 saturated heterocycles. The molecule has 0 bridgehead atoms. The Hall–Kier alpha value is -0.120. The van der Waals surface area contributed by atoms with Crippen LogP contribution in [-0.2, 0) is 0 Å². The molecule has 3 N–H and O–H groups in total. The highest BCUT2D eigenvalue weighted by molar-refractivity contribution is 4.52. The molecule has 0 amide bonds. The van der Waals surface area contributed by atoms with Crippen molar-refractivity contribution < 1.29 is 15.3 Å². The summed E-state index contributed by atoms with van der Waals surface area (Å²) in [6.45, 7) is 0.114. The molecule has 11 heavy (non-hydrogen) atoms. The number of aliphatic hydroxyl groups excluding tert-OH is 3. The molecule has 0 aromatic rings. The minimum atomic E-state index is -0.552. The van der Waals surface area contributed by atoms with Crippen LogP contribution in [0.2, 0.25) is 0 Å². The fourth-order valence-electron chi connectivity index (χ4n) is 0.937. The smallest absolute Gasteiger partial charge is 0.0770 e. The van der Waals surface area contributed by atoms with Gasteiger partial charge < -0.3 is 15.3 Å². The Labute approximate surface area is 67.7 Å². The molecule has 0 aliphatic rings. The van der Waals surface area contributed by atoms with Gasteiger partial charge in [0.2, 0.25) is 0 Å². The maximum absolute atomic E-state index is 8.92. The Morgan fingerprint density at radius 2 is 1.55 bits per heavy atom. The molecule has 0 rings (SSSR count). The molecule has 0 aliphatic heterocycles. The van der Waals surface area contributed by atoms with Crippen molar-refractivity contribution in [1.29, 1.82) is 0 Å². The molecule has 0 saturated carbocycles. The van der Waals surface area contributed by atoms with Crippen molar-refractivity contribution in [3.05, 3.63) is 0 Å². The fraction of sp³-hybridized carbons (Fsp3) is 1.00. The Morgan fingerprint density at radius 3 is 2.09 bits per heavy atom. The Kier molecular flexibility index (Phi) is 7.89. The standard InChI is InChI=1S/C8H18O3/c9-6-4-2-1-3-5-8(11)7-10/h8-11H,1-7H2. The van der Waals surface area contributed by atoms with Crippen molar-refractivity contribution in [3.8, 4) is 0 Å². The molecular weight excluding hydrogens is 144 g/mol. The van der Waals surface area contributed by atoms with Crippen LogP contribution < -0.4 is 0 Å². The fourth-order valence-corrected chi connectivity index (χ4v) is 0.937. The third-order valence-electron chi connectivity index (χ3n) is 1.66. The van der Waals surface area contributed by atoms with E-state index in [1.54, 1.807) is 0 Å². The van der Waals surface area contributed by atoms with Crippen LogP contribution in [0.3, 0.4) is 0 Å². The van der Waals surface area contributed by atoms with E-state index in [-0.39, 0.29) is 13.2 Å². The molecule has 0 radical (unpaired) electrons. The zero-order valence-corrected chi connectivity index (χ0v) is 6.87. The summed E-state index contributed by atoms with van der Waals surface area (Å²) in [5, 5.41) is 25.8. The molecule has 0 heterocycles. The molecular formula is C8H18O3. The van der Waals surface area contributed by atoms with E-state index in [0.29, 0.717) is 6.42 Å². The van der Waals surface area contributed by atoms with E-state index in [2.05, 4.69) is 0 Å². The highest BCUT2D eigenvalue weighted by Crippen LogP contribution is 2.04. The quantitative estimate of drug-likeness (QED) is 0.471. The Bertz CT molecular complexity index is 75.7. The normalized spacial score (nSPS) is 13.4. The first-order valence-electron chi connectivity index (χ1n) is 4.21. The van der Waals surface area contributed by atoms with Crippen LogP contribution in [0.1, 0.15) is 32.1 Å². The van der Waals surface area contributed by atoms with Gasteiger partial charge in [-0.15, -0.1) is 0 Å². The third kappa shape index (κ3) is 7.78. The second-order valence-corrected chi connectivity index (χ2v) is 2.76. The van der Waals surface area contributed by atoms with Gasteiger partial charge in [0.25, 0.3) is 0 Å². The van der Waals surface area contributed by atoms with E-state index < -0.39 is 6.10 Å². The summed E-state index contributed by atoms with van der Waals surface area (Å²) in [6.07, 6.45) is 3.93. The summed E-state index contributed by atoms with van der Waals surface area (Å²) in [5.41, 5.74) is 0. The number of unbranched alkanes of at least 4 members (excludes halogenated alkanes) is 3. The van der Waals surface area contributed by atoms with Crippen LogP contribution in [0.4, 0.5) is 0 Å².